The molecule has 2 saturated heterocycles. The van der Waals surface area contributed by atoms with Crippen molar-refractivity contribution in [1.29, 1.82) is 0 Å². The second-order valence-corrected chi connectivity index (χ2v) is 7.73. The number of carbonyl (C=O) groups is 1. The van der Waals surface area contributed by atoms with Crippen molar-refractivity contribution in [3.63, 3.8) is 0 Å². The van der Waals surface area contributed by atoms with Gasteiger partial charge in [0.15, 0.2) is 0 Å². The number of hydrogen-bond donors (Lipinski definition) is 1. The zero-order chi connectivity index (χ0) is 15.3. The number of nitrogens with zero attached hydrogens (tertiary/aromatic N) is 2. The number of piperazine rings is 1. The first kappa shape index (κ1) is 16.5. The van der Waals surface area contributed by atoms with Gasteiger partial charge < -0.3 is 15.0 Å². The molecule has 2 rings (SSSR count). The topological polar surface area (TPSA) is 79.0 Å². The number of urea groups is 1. The van der Waals surface area contributed by atoms with Crippen LogP contribution >= 0.6 is 0 Å². The van der Waals surface area contributed by atoms with E-state index in [1.54, 1.807) is 11.8 Å². The van der Waals surface area contributed by atoms with E-state index in [-0.39, 0.29) is 17.8 Å². The Morgan fingerprint density at radius 1 is 1.19 bits per heavy atom. The molecule has 7 nitrogen and oxygen atoms in total. The number of carbonyl (C=O) groups excluding carboxylic acids is 1. The van der Waals surface area contributed by atoms with Gasteiger partial charge >= 0.3 is 6.03 Å². The highest BCUT2D eigenvalue weighted by atomic mass is 32.2. The fourth-order valence-electron chi connectivity index (χ4n) is 2.67. The van der Waals surface area contributed by atoms with Gasteiger partial charge in [-0.1, -0.05) is 0 Å². The Balaban J connectivity index is 1.80. The molecule has 21 heavy (non-hydrogen) atoms. The fourth-order valence-corrected chi connectivity index (χ4v) is 3.75. The molecule has 0 aromatic heterocycles. The summed E-state index contributed by atoms with van der Waals surface area (Å²) < 4.78 is 30.4. The molecule has 0 spiro atoms. The van der Waals surface area contributed by atoms with Gasteiger partial charge in [0.05, 0.1) is 5.75 Å². The summed E-state index contributed by atoms with van der Waals surface area (Å²) in [6.45, 7) is 4.77. The van der Waals surface area contributed by atoms with Gasteiger partial charge in [-0.25, -0.2) is 13.2 Å². The Bertz CT molecular complexity index is 438. The van der Waals surface area contributed by atoms with E-state index >= 15 is 0 Å². The van der Waals surface area contributed by atoms with Crippen LogP contribution in [0.4, 0.5) is 4.79 Å². The third kappa shape index (κ3) is 4.55. The number of sulfonamides is 1. The van der Waals surface area contributed by atoms with Gasteiger partial charge in [0.2, 0.25) is 10.0 Å². The summed E-state index contributed by atoms with van der Waals surface area (Å²) in [6.07, 6.45) is 2.75. The maximum absolute atomic E-state index is 12.2. The Hall–Kier alpha value is -0.860. The normalized spacial score (nSPS) is 25.4. The monoisotopic (exact) mass is 319 g/mol. The number of hydrogen-bond acceptors (Lipinski definition) is 4. The van der Waals surface area contributed by atoms with Gasteiger partial charge in [0.1, 0.15) is 0 Å². The lowest BCUT2D eigenvalue weighted by Gasteiger charge is -2.34. The third-order valence-electron chi connectivity index (χ3n) is 4.06. The van der Waals surface area contributed by atoms with Gasteiger partial charge in [-0.05, 0) is 26.2 Å². The molecular formula is C13H25N3O4S. The van der Waals surface area contributed by atoms with Crippen molar-refractivity contribution >= 4 is 16.1 Å². The molecule has 1 unspecified atom stereocenters. The summed E-state index contributed by atoms with van der Waals surface area (Å²) in [6, 6.07) is 0.0767. The van der Waals surface area contributed by atoms with E-state index in [4.69, 9.17) is 4.74 Å². The smallest absolute Gasteiger partial charge is 0.317 e. The minimum absolute atomic E-state index is 0.0875. The summed E-state index contributed by atoms with van der Waals surface area (Å²) in [5, 5.41) is 3.04. The standard InChI is InChI=1S/C13H25N3O4S/c1-2-21(18,19)16-8-6-15(7-9-16)13(17)14-12-4-3-10-20-11-5-12/h12H,2-11H2,1H3,(H,14,17). The van der Waals surface area contributed by atoms with Crippen LogP contribution in [0.5, 0.6) is 0 Å². The molecule has 2 amide bonds. The molecule has 0 aromatic rings. The summed E-state index contributed by atoms with van der Waals surface area (Å²) >= 11 is 0. The van der Waals surface area contributed by atoms with Gasteiger partial charge in [-0.3, -0.25) is 0 Å². The second kappa shape index (κ2) is 7.42. The van der Waals surface area contributed by atoms with Crippen LogP contribution in [0.2, 0.25) is 0 Å². The SMILES string of the molecule is CCS(=O)(=O)N1CCN(C(=O)NC2CCCOCC2)CC1. The van der Waals surface area contributed by atoms with E-state index in [2.05, 4.69) is 5.32 Å². The molecule has 1 atom stereocenters. The van der Waals surface area contributed by atoms with E-state index < -0.39 is 10.0 Å². The molecule has 1 N–H and O–H groups in total. The summed E-state index contributed by atoms with van der Waals surface area (Å²) in [5.74, 6) is 0.112. The maximum Gasteiger partial charge on any atom is 0.317 e. The molecule has 122 valence electrons. The number of amides is 2. The van der Waals surface area contributed by atoms with Crippen LogP contribution in [0.3, 0.4) is 0 Å². The second-order valence-electron chi connectivity index (χ2n) is 5.48. The lowest BCUT2D eigenvalue weighted by Crippen LogP contribution is -2.54. The van der Waals surface area contributed by atoms with Crippen LogP contribution in [0.15, 0.2) is 0 Å². The molecule has 2 fully saturated rings. The van der Waals surface area contributed by atoms with Gasteiger partial charge in [0.25, 0.3) is 0 Å². The Labute approximate surface area is 126 Å². The predicted octanol–water partition coefficient (Wildman–Crippen LogP) is 0.232. The molecule has 0 aromatic carbocycles. The van der Waals surface area contributed by atoms with Crippen LogP contribution < -0.4 is 5.32 Å². The van der Waals surface area contributed by atoms with Crippen molar-refractivity contribution in [2.75, 3.05) is 45.1 Å². The largest absolute Gasteiger partial charge is 0.381 e. The highest BCUT2D eigenvalue weighted by Crippen LogP contribution is 2.11. The Morgan fingerprint density at radius 3 is 2.57 bits per heavy atom. The molecule has 2 aliphatic rings. The molecule has 2 heterocycles. The number of nitrogens with one attached hydrogen (secondary N) is 1. The van der Waals surface area contributed by atoms with E-state index in [9.17, 15) is 13.2 Å². The van der Waals surface area contributed by atoms with Crippen LogP contribution in [0, 0.1) is 0 Å². The molecule has 8 heteroatoms. The van der Waals surface area contributed by atoms with E-state index in [0.29, 0.717) is 32.8 Å². The first-order valence-electron chi connectivity index (χ1n) is 7.64. The highest BCUT2D eigenvalue weighted by Gasteiger charge is 2.28. The highest BCUT2D eigenvalue weighted by molar-refractivity contribution is 7.89. The van der Waals surface area contributed by atoms with Crippen LogP contribution in [-0.4, -0.2) is 74.8 Å². The van der Waals surface area contributed by atoms with E-state index in [0.717, 1.165) is 25.9 Å². The fraction of sp³-hybridized carbons (Fsp3) is 0.923. The molecular weight excluding hydrogens is 294 g/mol. The van der Waals surface area contributed by atoms with Crippen molar-refractivity contribution < 1.29 is 17.9 Å². The zero-order valence-electron chi connectivity index (χ0n) is 12.6. The first-order valence-corrected chi connectivity index (χ1v) is 9.25. The Morgan fingerprint density at radius 2 is 1.90 bits per heavy atom. The Kier molecular flexibility index (Phi) is 5.83. The molecule has 0 aliphatic carbocycles. The minimum Gasteiger partial charge on any atom is -0.381 e. The molecule has 2 aliphatic heterocycles. The van der Waals surface area contributed by atoms with Crippen LogP contribution in [-0.2, 0) is 14.8 Å². The average molecular weight is 319 g/mol. The molecule has 0 saturated carbocycles. The van der Waals surface area contributed by atoms with Crippen molar-refractivity contribution in [3.8, 4) is 0 Å². The lowest BCUT2D eigenvalue weighted by molar-refractivity contribution is 0.141. The number of rotatable bonds is 3. The molecule has 0 bridgehead atoms. The van der Waals surface area contributed by atoms with Gasteiger partial charge in [-0.15, -0.1) is 0 Å². The van der Waals surface area contributed by atoms with E-state index in [1.807, 2.05) is 0 Å². The van der Waals surface area contributed by atoms with E-state index in [1.165, 1.54) is 4.31 Å². The van der Waals surface area contributed by atoms with Crippen molar-refractivity contribution in [2.45, 2.75) is 32.2 Å². The van der Waals surface area contributed by atoms with Crippen LogP contribution in [0.25, 0.3) is 0 Å². The third-order valence-corrected chi connectivity index (χ3v) is 5.95. The average Bonchev–Trinajstić information content (AvgIpc) is 2.76. The van der Waals surface area contributed by atoms with Crippen molar-refractivity contribution in [2.24, 2.45) is 0 Å². The van der Waals surface area contributed by atoms with Gasteiger partial charge in [-0.2, -0.15) is 4.31 Å². The zero-order valence-corrected chi connectivity index (χ0v) is 13.4. The minimum atomic E-state index is -3.14. The first-order chi connectivity index (χ1) is 10.0. The number of ether oxygens (including phenoxy) is 1. The van der Waals surface area contributed by atoms with Crippen LogP contribution in [0.1, 0.15) is 26.2 Å². The maximum atomic E-state index is 12.2. The molecule has 0 radical (unpaired) electrons. The summed E-state index contributed by atoms with van der Waals surface area (Å²) in [7, 11) is -3.14. The predicted molar refractivity (Wildman–Crippen MR) is 79.6 cm³/mol. The van der Waals surface area contributed by atoms with Gasteiger partial charge in [0, 0.05) is 45.4 Å². The quantitative estimate of drug-likeness (QED) is 0.808. The van der Waals surface area contributed by atoms with Crippen molar-refractivity contribution in [3.05, 3.63) is 0 Å². The summed E-state index contributed by atoms with van der Waals surface area (Å²) in [4.78, 5) is 13.9. The summed E-state index contributed by atoms with van der Waals surface area (Å²) in [5.41, 5.74) is 0. The van der Waals surface area contributed by atoms with Crippen molar-refractivity contribution in [1.82, 2.24) is 14.5 Å². The lowest BCUT2D eigenvalue weighted by atomic mass is 10.1.